The number of rotatable bonds is 3. The predicted molar refractivity (Wildman–Crippen MR) is 49.3 cm³/mol. The van der Waals surface area contributed by atoms with E-state index in [0.29, 0.717) is 5.01 Å². The number of halogens is 2. The summed E-state index contributed by atoms with van der Waals surface area (Å²) < 4.78 is 24.9. The molecule has 1 aliphatic heterocycles. The van der Waals surface area contributed by atoms with Gasteiger partial charge in [0.15, 0.2) is 10.1 Å². The van der Waals surface area contributed by atoms with Gasteiger partial charge >= 0.3 is 0 Å². The van der Waals surface area contributed by atoms with Crippen molar-refractivity contribution in [3.05, 3.63) is 20.2 Å². The quantitative estimate of drug-likeness (QED) is 0.402. The van der Waals surface area contributed by atoms with E-state index in [0.717, 1.165) is 5.01 Å². The van der Waals surface area contributed by atoms with Crippen LogP contribution in [0.2, 0.25) is 0 Å². The molecular weight excluding hydrogens is 244 g/mol. The van der Waals surface area contributed by atoms with Crippen molar-refractivity contribution in [2.24, 2.45) is 0 Å². The van der Waals surface area contributed by atoms with Gasteiger partial charge in [0.05, 0.1) is 19.6 Å². The molecular formula is C6H11F2N5O4. The van der Waals surface area contributed by atoms with Crippen LogP contribution in [0.1, 0.15) is 12.8 Å². The van der Waals surface area contributed by atoms with E-state index < -0.39 is 21.6 Å². The lowest BCUT2D eigenvalue weighted by atomic mass is 10.2. The monoisotopic (exact) mass is 255 g/mol. The summed E-state index contributed by atoms with van der Waals surface area (Å²) in [7, 11) is 0. The zero-order valence-electron chi connectivity index (χ0n) is 8.74. The minimum atomic E-state index is -1.74. The average molecular weight is 255 g/mol. The summed E-state index contributed by atoms with van der Waals surface area (Å²) in [5.74, 6) is 0. The summed E-state index contributed by atoms with van der Waals surface area (Å²) in [6.45, 7) is -0.513. The molecule has 1 aliphatic rings. The third-order valence-corrected chi connectivity index (χ3v) is 2.46. The van der Waals surface area contributed by atoms with Crippen LogP contribution in [-0.2, 0) is 0 Å². The van der Waals surface area contributed by atoms with Crippen LogP contribution in [0.15, 0.2) is 0 Å². The first-order chi connectivity index (χ1) is 7.93. The van der Waals surface area contributed by atoms with Crippen molar-refractivity contribution in [2.75, 3.05) is 19.6 Å². The summed E-state index contributed by atoms with van der Waals surface area (Å²) >= 11 is 0. The van der Waals surface area contributed by atoms with Crippen LogP contribution in [0.3, 0.4) is 0 Å². The van der Waals surface area contributed by atoms with Crippen LogP contribution < -0.4 is 0 Å². The molecule has 11 heteroatoms. The molecule has 1 atom stereocenters. The SMILES string of the molecule is O=[N+]([O-])N1CCCN([N+](=O)[O-])C(N(F)F)CC1. The molecule has 0 N–H and O–H groups in total. The first-order valence-corrected chi connectivity index (χ1v) is 4.84. The number of hydrazine groups is 2. The molecule has 0 aromatic heterocycles. The van der Waals surface area contributed by atoms with Crippen LogP contribution in [0, 0.1) is 20.2 Å². The van der Waals surface area contributed by atoms with E-state index in [2.05, 4.69) is 0 Å². The molecule has 1 unspecified atom stereocenters. The first kappa shape index (κ1) is 13.3. The molecule has 1 saturated heterocycles. The van der Waals surface area contributed by atoms with Gasteiger partial charge in [-0.15, -0.1) is 10.0 Å². The van der Waals surface area contributed by atoms with Crippen molar-refractivity contribution in [1.82, 2.24) is 15.4 Å². The van der Waals surface area contributed by atoms with Gasteiger partial charge in [0.25, 0.3) is 0 Å². The van der Waals surface area contributed by atoms with Crippen molar-refractivity contribution < 1.29 is 19.0 Å². The number of nitrogens with zero attached hydrogens (tertiary/aromatic N) is 5. The lowest BCUT2D eigenvalue weighted by Crippen LogP contribution is -2.50. The van der Waals surface area contributed by atoms with Crippen molar-refractivity contribution in [2.45, 2.75) is 19.0 Å². The molecule has 17 heavy (non-hydrogen) atoms. The Bertz CT molecular complexity index is 304. The Morgan fingerprint density at radius 2 is 1.76 bits per heavy atom. The molecule has 1 fully saturated rings. The molecule has 1 heterocycles. The fourth-order valence-electron chi connectivity index (χ4n) is 1.64. The summed E-state index contributed by atoms with van der Waals surface area (Å²) in [6, 6.07) is 0. The molecule has 0 radical (unpaired) electrons. The van der Waals surface area contributed by atoms with Gasteiger partial charge in [-0.3, -0.25) is 0 Å². The molecule has 98 valence electrons. The lowest BCUT2D eigenvalue weighted by Gasteiger charge is -2.27. The smallest absolute Gasteiger partial charge is 0.203 e. The fraction of sp³-hybridized carbons (Fsp3) is 1.00. The maximum Gasteiger partial charge on any atom is 0.203 e. The van der Waals surface area contributed by atoms with Crippen molar-refractivity contribution in [1.29, 1.82) is 0 Å². The topological polar surface area (TPSA) is 96.0 Å². The molecule has 0 bridgehead atoms. The highest BCUT2D eigenvalue weighted by atomic mass is 19.4. The Kier molecular flexibility index (Phi) is 4.31. The van der Waals surface area contributed by atoms with Gasteiger partial charge in [-0.05, 0) is 6.42 Å². The molecule has 0 aromatic rings. The van der Waals surface area contributed by atoms with Gasteiger partial charge in [0.2, 0.25) is 6.17 Å². The summed E-state index contributed by atoms with van der Waals surface area (Å²) in [6.07, 6.45) is -2.05. The minimum Gasteiger partial charge on any atom is -0.235 e. The van der Waals surface area contributed by atoms with E-state index in [9.17, 15) is 29.2 Å². The number of nitro groups is 2. The van der Waals surface area contributed by atoms with Gasteiger partial charge in [0, 0.05) is 11.8 Å². The molecule has 0 saturated carbocycles. The molecule has 0 aliphatic carbocycles. The van der Waals surface area contributed by atoms with Crippen LogP contribution in [0.5, 0.6) is 0 Å². The third-order valence-electron chi connectivity index (χ3n) is 2.46. The van der Waals surface area contributed by atoms with Crippen molar-refractivity contribution in [3.8, 4) is 0 Å². The van der Waals surface area contributed by atoms with Gasteiger partial charge in [0.1, 0.15) is 0 Å². The van der Waals surface area contributed by atoms with Crippen LogP contribution in [-0.4, -0.2) is 51.2 Å². The van der Waals surface area contributed by atoms with Crippen LogP contribution >= 0.6 is 0 Å². The second kappa shape index (κ2) is 5.52. The van der Waals surface area contributed by atoms with Crippen molar-refractivity contribution in [3.63, 3.8) is 0 Å². The highest BCUT2D eigenvalue weighted by Gasteiger charge is 2.36. The van der Waals surface area contributed by atoms with E-state index in [1.807, 2.05) is 0 Å². The summed E-state index contributed by atoms with van der Waals surface area (Å²) in [5, 5.41) is 19.4. The molecule has 1 rings (SSSR count). The molecule has 0 aromatic carbocycles. The van der Waals surface area contributed by atoms with E-state index in [1.165, 1.54) is 0 Å². The van der Waals surface area contributed by atoms with Gasteiger partial charge in [-0.2, -0.15) is 0 Å². The average Bonchev–Trinajstić information content (AvgIpc) is 2.15. The number of hydrogen-bond acceptors (Lipinski definition) is 5. The zero-order chi connectivity index (χ0) is 13.0. The third kappa shape index (κ3) is 3.34. The minimum absolute atomic E-state index is 0.00261. The standard InChI is InChI=1S/C6H11F2N5O4/c7-11(8)6-2-5-9(12(14)15)3-1-4-10(6)13(16)17/h6H,1-5H2. The molecule has 9 nitrogen and oxygen atoms in total. The van der Waals surface area contributed by atoms with Gasteiger partial charge in [-0.1, -0.05) is 8.96 Å². The van der Waals surface area contributed by atoms with Gasteiger partial charge < -0.3 is 0 Å². The molecule has 0 spiro atoms. The second-order valence-corrected chi connectivity index (χ2v) is 3.47. The Morgan fingerprint density at radius 3 is 2.24 bits per heavy atom. The van der Waals surface area contributed by atoms with Crippen LogP contribution in [0.4, 0.5) is 8.96 Å². The molecule has 0 amide bonds. The number of hydrogen-bond donors (Lipinski definition) is 0. The normalized spacial score (nSPS) is 22.2. The Balaban J connectivity index is 2.74. The zero-order valence-corrected chi connectivity index (χ0v) is 8.74. The first-order valence-electron chi connectivity index (χ1n) is 4.84. The van der Waals surface area contributed by atoms with Crippen molar-refractivity contribution >= 4 is 0 Å². The van der Waals surface area contributed by atoms with E-state index in [1.54, 1.807) is 0 Å². The second-order valence-electron chi connectivity index (χ2n) is 3.47. The summed E-state index contributed by atoms with van der Waals surface area (Å²) in [4.78, 5) is 21.1. The maximum absolute atomic E-state index is 12.5. The maximum atomic E-state index is 12.5. The van der Waals surface area contributed by atoms with E-state index >= 15 is 0 Å². The highest BCUT2D eigenvalue weighted by molar-refractivity contribution is 4.65. The summed E-state index contributed by atoms with van der Waals surface area (Å²) in [5.41, 5.74) is 0. The van der Waals surface area contributed by atoms with Gasteiger partial charge in [-0.25, -0.2) is 20.2 Å². The fourth-order valence-corrected chi connectivity index (χ4v) is 1.64. The highest BCUT2D eigenvalue weighted by Crippen LogP contribution is 2.16. The Labute approximate surface area is 94.3 Å². The van der Waals surface area contributed by atoms with Crippen LogP contribution in [0.25, 0.3) is 0 Å². The van der Waals surface area contributed by atoms with E-state index in [4.69, 9.17) is 0 Å². The Morgan fingerprint density at radius 1 is 1.12 bits per heavy atom. The van der Waals surface area contributed by atoms with E-state index in [-0.39, 0.29) is 32.5 Å². The largest absolute Gasteiger partial charge is 0.235 e. The predicted octanol–water partition coefficient (Wildman–Crippen LogP) is 0.165. The Hall–Kier alpha value is -1.78. The lowest BCUT2D eigenvalue weighted by molar-refractivity contribution is -0.684.